The van der Waals surface area contributed by atoms with Crippen LogP contribution in [-0.2, 0) is 17.9 Å². The van der Waals surface area contributed by atoms with Crippen molar-refractivity contribution in [3.63, 3.8) is 0 Å². The van der Waals surface area contributed by atoms with E-state index in [1.165, 1.54) is 22.6 Å². The largest absolute Gasteiger partial charge is 0.489 e. The van der Waals surface area contributed by atoms with Crippen molar-refractivity contribution >= 4 is 5.97 Å². The van der Waals surface area contributed by atoms with Gasteiger partial charge < -0.3 is 15.2 Å². The molecule has 2 aromatic carbocycles. The number of rotatable bonds is 10. The third-order valence-electron chi connectivity index (χ3n) is 6.03. The number of carbonyl (C=O) groups excluding carboxylic acids is 1. The number of benzene rings is 2. The SMILES string of the molecule is CCOC(=O)c1c(-c2c(F)cc(OCc3ccc(C(C)C)cc3)cc2F)c(-c2ccncc2)nn1CCN. The lowest BCUT2D eigenvalue weighted by Gasteiger charge is -2.13. The molecule has 0 spiro atoms. The summed E-state index contributed by atoms with van der Waals surface area (Å²) in [6, 6.07) is 13.4. The minimum atomic E-state index is -0.900. The van der Waals surface area contributed by atoms with E-state index < -0.39 is 23.2 Å². The lowest BCUT2D eigenvalue weighted by atomic mass is 9.98. The molecular weight excluding hydrogens is 490 g/mol. The summed E-state index contributed by atoms with van der Waals surface area (Å²) in [7, 11) is 0. The van der Waals surface area contributed by atoms with Crippen molar-refractivity contribution in [2.24, 2.45) is 5.73 Å². The molecule has 0 amide bonds. The summed E-state index contributed by atoms with van der Waals surface area (Å²) in [5.41, 5.74) is 8.02. The summed E-state index contributed by atoms with van der Waals surface area (Å²) in [5, 5.41) is 4.49. The number of esters is 1. The lowest BCUT2D eigenvalue weighted by Crippen LogP contribution is -2.18. The summed E-state index contributed by atoms with van der Waals surface area (Å²) < 4.78 is 43.5. The van der Waals surface area contributed by atoms with Crippen molar-refractivity contribution in [3.05, 3.63) is 89.4 Å². The first kappa shape index (κ1) is 26.9. The third kappa shape index (κ3) is 5.73. The van der Waals surface area contributed by atoms with Crippen LogP contribution >= 0.6 is 0 Å². The first-order chi connectivity index (χ1) is 18.3. The first-order valence-corrected chi connectivity index (χ1v) is 12.4. The van der Waals surface area contributed by atoms with Gasteiger partial charge in [-0.1, -0.05) is 38.1 Å². The highest BCUT2D eigenvalue weighted by Gasteiger charge is 2.30. The smallest absolute Gasteiger partial charge is 0.357 e. The quantitative estimate of drug-likeness (QED) is 0.269. The molecule has 0 radical (unpaired) electrons. The van der Waals surface area contributed by atoms with Crippen LogP contribution in [0.4, 0.5) is 8.78 Å². The van der Waals surface area contributed by atoms with E-state index in [0.29, 0.717) is 11.5 Å². The van der Waals surface area contributed by atoms with Crippen LogP contribution in [0.15, 0.2) is 60.9 Å². The van der Waals surface area contributed by atoms with Gasteiger partial charge in [0.15, 0.2) is 5.69 Å². The summed E-state index contributed by atoms with van der Waals surface area (Å²) in [4.78, 5) is 17.0. The van der Waals surface area contributed by atoms with Crippen molar-refractivity contribution in [2.75, 3.05) is 13.2 Å². The minimum absolute atomic E-state index is 0.0195. The number of halogens is 2. The van der Waals surface area contributed by atoms with Crippen LogP contribution in [0.25, 0.3) is 22.4 Å². The zero-order valence-corrected chi connectivity index (χ0v) is 21.6. The second-order valence-corrected chi connectivity index (χ2v) is 8.99. The number of hydrogen-bond donors (Lipinski definition) is 1. The Labute approximate surface area is 220 Å². The number of hydrogen-bond acceptors (Lipinski definition) is 6. The van der Waals surface area contributed by atoms with Gasteiger partial charge in [0, 0.05) is 42.2 Å². The van der Waals surface area contributed by atoms with E-state index in [9.17, 15) is 4.79 Å². The van der Waals surface area contributed by atoms with Gasteiger partial charge in [0.2, 0.25) is 0 Å². The summed E-state index contributed by atoms with van der Waals surface area (Å²) in [6.45, 7) is 6.37. The Hall–Kier alpha value is -4.11. The van der Waals surface area contributed by atoms with Crippen LogP contribution in [0.3, 0.4) is 0 Å². The van der Waals surface area contributed by atoms with Crippen LogP contribution in [0.5, 0.6) is 5.75 Å². The molecule has 7 nitrogen and oxygen atoms in total. The predicted octanol–water partition coefficient (Wildman–Crippen LogP) is 5.73. The van der Waals surface area contributed by atoms with E-state index in [-0.39, 0.29) is 49.0 Å². The third-order valence-corrected chi connectivity index (χ3v) is 6.03. The van der Waals surface area contributed by atoms with Crippen LogP contribution in [0.1, 0.15) is 48.3 Å². The lowest BCUT2D eigenvalue weighted by molar-refractivity contribution is 0.0513. The number of nitrogens with zero attached hydrogens (tertiary/aromatic N) is 3. The number of pyridine rings is 1. The van der Waals surface area contributed by atoms with Gasteiger partial charge in [0.1, 0.15) is 29.7 Å². The maximum Gasteiger partial charge on any atom is 0.357 e. The molecule has 0 saturated carbocycles. The fraction of sp³-hybridized carbons (Fsp3) is 0.276. The molecule has 0 aliphatic carbocycles. The van der Waals surface area contributed by atoms with Crippen LogP contribution < -0.4 is 10.5 Å². The molecular formula is C29H30F2N4O3. The molecule has 0 saturated heterocycles. The zero-order valence-electron chi connectivity index (χ0n) is 21.6. The zero-order chi connectivity index (χ0) is 27.2. The minimum Gasteiger partial charge on any atom is -0.489 e. The second-order valence-electron chi connectivity index (χ2n) is 8.99. The van der Waals surface area contributed by atoms with Crippen LogP contribution in [0.2, 0.25) is 0 Å². The number of carbonyl (C=O) groups is 1. The molecule has 38 heavy (non-hydrogen) atoms. The predicted molar refractivity (Wildman–Crippen MR) is 141 cm³/mol. The van der Waals surface area contributed by atoms with Crippen molar-refractivity contribution in [3.8, 4) is 28.1 Å². The van der Waals surface area contributed by atoms with Crippen molar-refractivity contribution in [1.82, 2.24) is 14.8 Å². The normalized spacial score (nSPS) is 11.1. The van der Waals surface area contributed by atoms with Gasteiger partial charge in [0.05, 0.1) is 18.7 Å². The Kier molecular flexibility index (Phi) is 8.48. The molecule has 4 rings (SSSR count). The van der Waals surface area contributed by atoms with Gasteiger partial charge in [-0.15, -0.1) is 0 Å². The highest BCUT2D eigenvalue weighted by atomic mass is 19.1. The van der Waals surface area contributed by atoms with Crippen molar-refractivity contribution < 1.29 is 23.0 Å². The molecule has 0 fully saturated rings. The standard InChI is InChI=1S/C29H30F2N4O3/c1-4-37-29(36)28-26(27(34-35(28)14-11-32)21-9-12-33-13-10-21)25-23(30)15-22(16-24(25)31)38-17-19-5-7-20(8-6-19)18(2)3/h5-10,12-13,15-16,18H,4,11,14,17,32H2,1-3H3. The van der Waals surface area contributed by atoms with E-state index in [0.717, 1.165) is 17.7 Å². The molecule has 0 unspecified atom stereocenters. The van der Waals surface area contributed by atoms with E-state index in [1.807, 2.05) is 24.3 Å². The van der Waals surface area contributed by atoms with Gasteiger partial charge in [-0.2, -0.15) is 5.10 Å². The fourth-order valence-corrected chi connectivity index (χ4v) is 4.14. The topological polar surface area (TPSA) is 92.3 Å². The van der Waals surface area contributed by atoms with E-state index in [1.54, 1.807) is 19.1 Å². The van der Waals surface area contributed by atoms with E-state index in [2.05, 4.69) is 23.9 Å². The second kappa shape index (κ2) is 12.0. The van der Waals surface area contributed by atoms with E-state index >= 15 is 8.78 Å². The van der Waals surface area contributed by atoms with Crippen molar-refractivity contribution in [1.29, 1.82) is 0 Å². The molecule has 0 atom stereocenters. The molecule has 9 heteroatoms. The molecule has 198 valence electrons. The number of nitrogens with two attached hydrogens (primary N) is 1. The summed E-state index contributed by atoms with van der Waals surface area (Å²) >= 11 is 0. The number of ether oxygens (including phenoxy) is 2. The Morgan fingerprint density at radius 2 is 1.68 bits per heavy atom. The first-order valence-electron chi connectivity index (χ1n) is 12.4. The summed E-state index contributed by atoms with van der Waals surface area (Å²) in [5.74, 6) is -2.14. The Bertz CT molecular complexity index is 1380. The Morgan fingerprint density at radius 1 is 1.03 bits per heavy atom. The van der Waals surface area contributed by atoms with Gasteiger partial charge >= 0.3 is 5.97 Å². The average molecular weight is 521 g/mol. The Balaban J connectivity index is 1.77. The monoisotopic (exact) mass is 520 g/mol. The maximum absolute atomic E-state index is 15.6. The Morgan fingerprint density at radius 3 is 2.26 bits per heavy atom. The molecule has 0 aliphatic rings. The highest BCUT2D eigenvalue weighted by Crippen LogP contribution is 2.39. The molecule has 2 aromatic heterocycles. The molecule has 2 heterocycles. The molecule has 0 bridgehead atoms. The van der Waals surface area contributed by atoms with E-state index in [4.69, 9.17) is 15.2 Å². The molecule has 2 N–H and O–H groups in total. The van der Waals surface area contributed by atoms with Crippen LogP contribution in [0, 0.1) is 11.6 Å². The highest BCUT2D eigenvalue weighted by molar-refractivity contribution is 6.00. The summed E-state index contributed by atoms with van der Waals surface area (Å²) in [6.07, 6.45) is 3.06. The molecule has 4 aromatic rings. The van der Waals surface area contributed by atoms with Gasteiger partial charge in [-0.05, 0) is 36.1 Å². The fourth-order valence-electron chi connectivity index (χ4n) is 4.14. The van der Waals surface area contributed by atoms with Gasteiger partial charge in [-0.25, -0.2) is 13.6 Å². The van der Waals surface area contributed by atoms with Gasteiger partial charge in [-0.3, -0.25) is 9.67 Å². The number of aromatic nitrogens is 3. The van der Waals surface area contributed by atoms with Crippen LogP contribution in [-0.4, -0.2) is 33.9 Å². The molecule has 0 aliphatic heterocycles. The van der Waals surface area contributed by atoms with Crippen molar-refractivity contribution in [2.45, 2.75) is 39.8 Å². The average Bonchev–Trinajstić information content (AvgIpc) is 3.27. The van der Waals surface area contributed by atoms with Gasteiger partial charge in [0.25, 0.3) is 0 Å². The maximum atomic E-state index is 15.6.